The molecule has 2 rings (SSSR count). The fourth-order valence-electron chi connectivity index (χ4n) is 2.37. The smallest absolute Gasteiger partial charge is 0.241 e. The quantitative estimate of drug-likeness (QED) is 0.836. The van der Waals surface area contributed by atoms with E-state index in [2.05, 4.69) is 23.9 Å². The molecule has 1 aliphatic heterocycles. The van der Waals surface area contributed by atoms with E-state index in [-0.39, 0.29) is 6.04 Å². The van der Waals surface area contributed by atoms with Crippen LogP contribution in [0.25, 0.3) is 0 Å². The molecule has 1 heterocycles. The lowest BCUT2D eigenvalue weighted by Crippen LogP contribution is -2.35. The molecule has 1 unspecified atom stereocenters. The number of nitrogens with one attached hydrogen (secondary N) is 2. The largest absolute Gasteiger partial charge is 0.380 e. The predicted octanol–water partition coefficient (Wildman–Crippen LogP) is 1.56. The average Bonchev–Trinajstić information content (AvgIpc) is 2.89. The zero-order valence-electron chi connectivity index (χ0n) is 12.8. The first-order valence-corrected chi connectivity index (χ1v) is 8.80. The third kappa shape index (κ3) is 4.26. The van der Waals surface area contributed by atoms with E-state index in [0.29, 0.717) is 30.7 Å². The first-order chi connectivity index (χ1) is 9.90. The van der Waals surface area contributed by atoms with Crippen molar-refractivity contribution in [3.8, 4) is 0 Å². The maximum absolute atomic E-state index is 12.5. The minimum Gasteiger partial charge on any atom is -0.380 e. The summed E-state index contributed by atoms with van der Waals surface area (Å²) in [5.41, 5.74) is 1.81. The zero-order valence-corrected chi connectivity index (χ0v) is 13.7. The molecule has 2 N–H and O–H groups in total. The summed E-state index contributed by atoms with van der Waals surface area (Å²) in [5.74, 6) is 0. The van der Waals surface area contributed by atoms with Gasteiger partial charge < -0.3 is 10.1 Å². The summed E-state index contributed by atoms with van der Waals surface area (Å²) in [4.78, 5) is 0.359. The molecule has 0 radical (unpaired) electrons. The average molecular weight is 312 g/mol. The van der Waals surface area contributed by atoms with Crippen LogP contribution in [0.1, 0.15) is 31.4 Å². The van der Waals surface area contributed by atoms with Crippen molar-refractivity contribution in [2.75, 3.05) is 13.2 Å². The summed E-state index contributed by atoms with van der Waals surface area (Å²) >= 11 is 0. The molecule has 5 nitrogen and oxygen atoms in total. The van der Waals surface area contributed by atoms with Gasteiger partial charge >= 0.3 is 0 Å². The highest BCUT2D eigenvalue weighted by molar-refractivity contribution is 7.89. The van der Waals surface area contributed by atoms with Crippen molar-refractivity contribution in [3.63, 3.8) is 0 Å². The number of hydrogen-bond acceptors (Lipinski definition) is 4. The van der Waals surface area contributed by atoms with Gasteiger partial charge in [-0.3, -0.25) is 0 Å². The number of benzene rings is 1. The monoisotopic (exact) mass is 312 g/mol. The molecule has 1 saturated heterocycles. The Morgan fingerprint density at radius 2 is 2.14 bits per heavy atom. The van der Waals surface area contributed by atoms with Gasteiger partial charge in [0.25, 0.3) is 0 Å². The van der Waals surface area contributed by atoms with Crippen LogP contribution in [0.5, 0.6) is 0 Å². The van der Waals surface area contributed by atoms with E-state index in [1.807, 2.05) is 13.0 Å². The standard InChI is InChI=1S/C15H24N2O3S/c1-11(2)16-9-13-5-4-6-15(12(13)3)21(18,19)17-14-7-8-20-10-14/h4-6,11,14,16-17H,7-10H2,1-3H3. The van der Waals surface area contributed by atoms with Crippen molar-refractivity contribution in [2.24, 2.45) is 0 Å². The molecular formula is C15H24N2O3S. The summed E-state index contributed by atoms with van der Waals surface area (Å²) in [6.07, 6.45) is 0.729. The van der Waals surface area contributed by atoms with Gasteiger partial charge in [0.1, 0.15) is 0 Å². The molecule has 0 bridgehead atoms. The first kappa shape index (κ1) is 16.4. The van der Waals surface area contributed by atoms with Gasteiger partial charge in [-0.25, -0.2) is 13.1 Å². The molecule has 1 atom stereocenters. The maximum Gasteiger partial charge on any atom is 0.241 e. The molecule has 1 aromatic carbocycles. The van der Waals surface area contributed by atoms with Gasteiger partial charge in [0.05, 0.1) is 11.5 Å². The van der Waals surface area contributed by atoms with Gasteiger partial charge in [0.2, 0.25) is 10.0 Å². The number of ether oxygens (including phenoxy) is 1. The minimum atomic E-state index is -3.49. The second kappa shape index (κ2) is 6.87. The highest BCUT2D eigenvalue weighted by atomic mass is 32.2. The third-order valence-corrected chi connectivity index (χ3v) is 5.30. The summed E-state index contributed by atoms with van der Waals surface area (Å²) in [6.45, 7) is 7.73. The van der Waals surface area contributed by atoms with E-state index >= 15 is 0 Å². The molecule has 118 valence electrons. The topological polar surface area (TPSA) is 67.4 Å². The first-order valence-electron chi connectivity index (χ1n) is 7.32. The Bertz CT molecular complexity index is 579. The minimum absolute atomic E-state index is 0.119. The summed E-state index contributed by atoms with van der Waals surface area (Å²) < 4.78 is 33.0. The van der Waals surface area contributed by atoms with Crippen molar-refractivity contribution in [2.45, 2.75) is 50.7 Å². The van der Waals surface area contributed by atoms with Crippen LogP contribution >= 0.6 is 0 Å². The fourth-order valence-corrected chi connectivity index (χ4v) is 3.91. The number of hydrogen-bond donors (Lipinski definition) is 2. The molecule has 0 aromatic heterocycles. The van der Waals surface area contributed by atoms with Crippen molar-refractivity contribution in [3.05, 3.63) is 29.3 Å². The van der Waals surface area contributed by atoms with Gasteiger partial charge in [-0.2, -0.15) is 0 Å². The van der Waals surface area contributed by atoms with Crippen LogP contribution in [0.3, 0.4) is 0 Å². The zero-order chi connectivity index (χ0) is 15.5. The van der Waals surface area contributed by atoms with Crippen LogP contribution in [0.4, 0.5) is 0 Å². The third-order valence-electron chi connectivity index (χ3n) is 3.64. The van der Waals surface area contributed by atoms with Gasteiger partial charge in [0, 0.05) is 25.2 Å². The molecule has 21 heavy (non-hydrogen) atoms. The van der Waals surface area contributed by atoms with Crippen molar-refractivity contribution in [1.29, 1.82) is 0 Å². The van der Waals surface area contributed by atoms with Crippen LogP contribution in [-0.4, -0.2) is 33.7 Å². The highest BCUT2D eigenvalue weighted by Crippen LogP contribution is 2.20. The van der Waals surface area contributed by atoms with Crippen molar-refractivity contribution < 1.29 is 13.2 Å². The Morgan fingerprint density at radius 1 is 1.38 bits per heavy atom. The lowest BCUT2D eigenvalue weighted by atomic mass is 10.1. The molecule has 1 aliphatic rings. The second-order valence-electron chi connectivity index (χ2n) is 5.76. The number of rotatable bonds is 6. The molecular weight excluding hydrogens is 288 g/mol. The van der Waals surface area contributed by atoms with Crippen LogP contribution < -0.4 is 10.0 Å². The lowest BCUT2D eigenvalue weighted by molar-refractivity contribution is 0.192. The normalized spacial score (nSPS) is 19.3. The molecule has 0 spiro atoms. The summed E-state index contributed by atoms with van der Waals surface area (Å²) in [6, 6.07) is 5.66. The Balaban J connectivity index is 2.20. The molecule has 1 fully saturated rings. The van der Waals surface area contributed by atoms with Crippen LogP contribution in [0.15, 0.2) is 23.1 Å². The fraction of sp³-hybridized carbons (Fsp3) is 0.600. The predicted molar refractivity (Wildman–Crippen MR) is 82.7 cm³/mol. The van der Waals surface area contributed by atoms with E-state index in [0.717, 1.165) is 17.5 Å². The van der Waals surface area contributed by atoms with E-state index in [1.54, 1.807) is 12.1 Å². The van der Waals surface area contributed by atoms with E-state index < -0.39 is 10.0 Å². The molecule has 0 aliphatic carbocycles. The van der Waals surface area contributed by atoms with E-state index in [9.17, 15) is 8.42 Å². The SMILES string of the molecule is Cc1c(CNC(C)C)cccc1S(=O)(=O)NC1CCOC1. The van der Waals surface area contributed by atoms with Gasteiger partial charge in [0.15, 0.2) is 0 Å². The summed E-state index contributed by atoms with van der Waals surface area (Å²) in [5, 5.41) is 3.32. The Labute approximate surface area is 127 Å². The Hall–Kier alpha value is -0.950. The lowest BCUT2D eigenvalue weighted by Gasteiger charge is -2.16. The van der Waals surface area contributed by atoms with E-state index in [4.69, 9.17) is 4.74 Å². The van der Waals surface area contributed by atoms with Crippen molar-refractivity contribution in [1.82, 2.24) is 10.0 Å². The Morgan fingerprint density at radius 3 is 2.76 bits per heavy atom. The summed E-state index contributed by atoms with van der Waals surface area (Å²) in [7, 11) is -3.49. The van der Waals surface area contributed by atoms with Gasteiger partial charge in [-0.05, 0) is 30.5 Å². The van der Waals surface area contributed by atoms with Gasteiger partial charge in [-0.1, -0.05) is 26.0 Å². The second-order valence-corrected chi connectivity index (χ2v) is 7.44. The van der Waals surface area contributed by atoms with Crippen LogP contribution in [-0.2, 0) is 21.3 Å². The molecule has 0 amide bonds. The molecule has 6 heteroatoms. The van der Waals surface area contributed by atoms with Crippen LogP contribution in [0, 0.1) is 6.92 Å². The molecule has 0 saturated carbocycles. The Kier molecular flexibility index (Phi) is 5.37. The van der Waals surface area contributed by atoms with Crippen LogP contribution in [0.2, 0.25) is 0 Å². The van der Waals surface area contributed by atoms with Crippen molar-refractivity contribution >= 4 is 10.0 Å². The van der Waals surface area contributed by atoms with Gasteiger partial charge in [-0.15, -0.1) is 0 Å². The van der Waals surface area contributed by atoms with E-state index in [1.165, 1.54) is 0 Å². The highest BCUT2D eigenvalue weighted by Gasteiger charge is 2.25. The molecule has 1 aromatic rings. The number of sulfonamides is 1. The maximum atomic E-state index is 12.5.